The van der Waals surface area contributed by atoms with Gasteiger partial charge in [-0.2, -0.15) is 0 Å². The Kier molecular flexibility index (Phi) is 6.46. The molecule has 4 rings (SSSR count). The molecule has 0 aromatic heterocycles. The van der Waals surface area contributed by atoms with Gasteiger partial charge >= 0.3 is 0 Å². The van der Waals surface area contributed by atoms with Crippen molar-refractivity contribution in [2.75, 3.05) is 15.5 Å². The van der Waals surface area contributed by atoms with Gasteiger partial charge in [0.1, 0.15) is 10.7 Å². The molecule has 0 bridgehead atoms. The van der Waals surface area contributed by atoms with Gasteiger partial charge in [-0.15, -0.1) is 0 Å². The van der Waals surface area contributed by atoms with Crippen LogP contribution in [0.2, 0.25) is 5.02 Å². The molecule has 0 saturated heterocycles. The molecule has 0 saturated carbocycles. The first-order valence-electron chi connectivity index (χ1n) is 10.5. The predicted octanol–water partition coefficient (Wildman–Crippen LogP) is 5.95. The third-order valence-corrected chi connectivity index (χ3v) is 6.07. The SMILES string of the molecule is Cc1cc(C)cc(NC(=O)c2cccc(NC3=C(Cl)C(=O)N(c4ccc(C)c(Cl)c4)C3=O)c2)c1. The van der Waals surface area contributed by atoms with Gasteiger partial charge in [-0.3, -0.25) is 14.4 Å². The summed E-state index contributed by atoms with van der Waals surface area (Å²) in [6.45, 7) is 5.73. The van der Waals surface area contributed by atoms with E-state index in [9.17, 15) is 14.4 Å². The van der Waals surface area contributed by atoms with Crippen LogP contribution in [0.5, 0.6) is 0 Å². The predicted molar refractivity (Wildman–Crippen MR) is 135 cm³/mol. The van der Waals surface area contributed by atoms with Crippen LogP contribution in [0.25, 0.3) is 0 Å². The highest BCUT2D eigenvalue weighted by Gasteiger charge is 2.39. The molecule has 8 heteroatoms. The Hall–Kier alpha value is -3.61. The van der Waals surface area contributed by atoms with E-state index in [1.165, 1.54) is 6.07 Å². The first kappa shape index (κ1) is 23.5. The highest BCUT2D eigenvalue weighted by molar-refractivity contribution is 6.53. The van der Waals surface area contributed by atoms with E-state index in [4.69, 9.17) is 23.2 Å². The molecule has 172 valence electrons. The van der Waals surface area contributed by atoms with Gasteiger partial charge in [0.25, 0.3) is 17.7 Å². The third-order valence-electron chi connectivity index (χ3n) is 5.31. The summed E-state index contributed by atoms with van der Waals surface area (Å²) in [5.74, 6) is -1.57. The highest BCUT2D eigenvalue weighted by Crippen LogP contribution is 2.32. The van der Waals surface area contributed by atoms with Crippen LogP contribution in [0.3, 0.4) is 0 Å². The van der Waals surface area contributed by atoms with Crippen LogP contribution in [0.15, 0.2) is 71.4 Å². The summed E-state index contributed by atoms with van der Waals surface area (Å²) in [4.78, 5) is 39.5. The number of hydrogen-bond donors (Lipinski definition) is 2. The number of anilines is 3. The van der Waals surface area contributed by atoms with Crippen molar-refractivity contribution >= 4 is 58.0 Å². The van der Waals surface area contributed by atoms with Gasteiger partial charge in [0, 0.05) is 22.0 Å². The molecule has 1 heterocycles. The Morgan fingerprint density at radius 2 is 1.53 bits per heavy atom. The van der Waals surface area contributed by atoms with Crippen LogP contribution in [0.1, 0.15) is 27.0 Å². The Balaban J connectivity index is 1.55. The second-order valence-electron chi connectivity index (χ2n) is 8.10. The quantitative estimate of drug-likeness (QED) is 0.430. The first-order chi connectivity index (χ1) is 16.1. The number of nitrogens with one attached hydrogen (secondary N) is 2. The number of aryl methyl sites for hydroxylation is 3. The van der Waals surface area contributed by atoms with Crippen molar-refractivity contribution in [1.82, 2.24) is 0 Å². The van der Waals surface area contributed by atoms with Crippen molar-refractivity contribution in [3.63, 3.8) is 0 Å². The smallest absolute Gasteiger partial charge is 0.283 e. The Morgan fingerprint density at radius 1 is 0.824 bits per heavy atom. The molecule has 0 fully saturated rings. The average molecular weight is 494 g/mol. The zero-order valence-electron chi connectivity index (χ0n) is 18.7. The molecular formula is C26H21Cl2N3O3. The van der Waals surface area contributed by atoms with E-state index in [1.54, 1.807) is 36.4 Å². The number of rotatable bonds is 5. The van der Waals surface area contributed by atoms with E-state index in [-0.39, 0.29) is 16.6 Å². The summed E-state index contributed by atoms with van der Waals surface area (Å²) >= 11 is 12.4. The fraction of sp³-hybridized carbons (Fsp3) is 0.115. The van der Waals surface area contributed by atoms with Crippen LogP contribution < -0.4 is 15.5 Å². The maximum atomic E-state index is 13.0. The topological polar surface area (TPSA) is 78.5 Å². The maximum Gasteiger partial charge on any atom is 0.283 e. The van der Waals surface area contributed by atoms with Gasteiger partial charge in [-0.1, -0.05) is 41.4 Å². The van der Waals surface area contributed by atoms with Gasteiger partial charge in [0.2, 0.25) is 0 Å². The minimum absolute atomic E-state index is 0.0739. The van der Waals surface area contributed by atoms with Crippen molar-refractivity contribution in [3.8, 4) is 0 Å². The average Bonchev–Trinajstić information content (AvgIpc) is 2.98. The van der Waals surface area contributed by atoms with Crippen molar-refractivity contribution < 1.29 is 14.4 Å². The molecule has 0 atom stereocenters. The molecule has 1 aliphatic rings. The number of carbonyl (C=O) groups is 3. The van der Waals surface area contributed by atoms with Crippen molar-refractivity contribution in [1.29, 1.82) is 0 Å². The van der Waals surface area contributed by atoms with Crippen molar-refractivity contribution in [2.24, 2.45) is 0 Å². The summed E-state index contributed by atoms with van der Waals surface area (Å²) < 4.78 is 0. The molecule has 1 aliphatic heterocycles. The molecule has 3 aromatic rings. The normalized spacial score (nSPS) is 13.5. The number of hydrogen-bond acceptors (Lipinski definition) is 4. The van der Waals surface area contributed by atoms with Crippen molar-refractivity contribution in [3.05, 3.63) is 98.7 Å². The van der Waals surface area contributed by atoms with Gasteiger partial charge in [0.05, 0.1) is 5.69 Å². The Bertz CT molecular complexity index is 1360. The largest absolute Gasteiger partial charge is 0.350 e. The highest BCUT2D eigenvalue weighted by atomic mass is 35.5. The summed E-state index contributed by atoms with van der Waals surface area (Å²) in [6.07, 6.45) is 0. The van der Waals surface area contributed by atoms with Crippen LogP contribution >= 0.6 is 23.2 Å². The zero-order chi connectivity index (χ0) is 24.6. The van der Waals surface area contributed by atoms with Gasteiger partial charge < -0.3 is 10.6 Å². The lowest BCUT2D eigenvalue weighted by atomic mass is 10.1. The molecule has 2 N–H and O–H groups in total. The van der Waals surface area contributed by atoms with E-state index in [2.05, 4.69) is 10.6 Å². The minimum atomic E-state index is -0.655. The minimum Gasteiger partial charge on any atom is -0.350 e. The molecule has 3 aromatic carbocycles. The van der Waals surface area contributed by atoms with E-state index in [0.29, 0.717) is 27.6 Å². The van der Waals surface area contributed by atoms with Crippen LogP contribution in [0, 0.1) is 20.8 Å². The van der Waals surface area contributed by atoms with Crippen molar-refractivity contribution in [2.45, 2.75) is 20.8 Å². The number of imide groups is 1. The lowest BCUT2D eigenvalue weighted by Gasteiger charge is -2.16. The summed E-state index contributed by atoms with van der Waals surface area (Å²) in [5, 5.41) is 5.96. The molecule has 0 unspecified atom stereocenters. The van der Waals surface area contributed by atoms with Crippen LogP contribution in [0.4, 0.5) is 17.1 Å². The monoisotopic (exact) mass is 493 g/mol. The van der Waals surface area contributed by atoms with Gasteiger partial charge in [-0.25, -0.2) is 4.90 Å². The van der Waals surface area contributed by atoms with Gasteiger partial charge in [0.15, 0.2) is 0 Å². The maximum absolute atomic E-state index is 13.0. The fourth-order valence-electron chi connectivity index (χ4n) is 3.70. The molecule has 0 radical (unpaired) electrons. The summed E-state index contributed by atoms with van der Waals surface area (Å²) in [5.41, 5.74) is 4.64. The van der Waals surface area contributed by atoms with E-state index < -0.39 is 11.8 Å². The first-order valence-corrected chi connectivity index (χ1v) is 11.2. The van der Waals surface area contributed by atoms with E-state index in [1.807, 2.05) is 39.0 Å². The van der Waals surface area contributed by atoms with E-state index >= 15 is 0 Å². The van der Waals surface area contributed by atoms with E-state index in [0.717, 1.165) is 21.6 Å². The molecule has 0 aliphatic carbocycles. The Morgan fingerprint density at radius 3 is 2.21 bits per heavy atom. The molecular weight excluding hydrogens is 473 g/mol. The second-order valence-corrected chi connectivity index (χ2v) is 8.89. The fourth-order valence-corrected chi connectivity index (χ4v) is 4.09. The summed E-state index contributed by atoms with van der Waals surface area (Å²) in [7, 11) is 0. The second kappa shape index (κ2) is 9.33. The molecule has 0 spiro atoms. The standard InChI is InChI=1S/C26H21Cl2N3O3/c1-14-9-15(2)11-19(10-14)30-24(32)17-5-4-6-18(12-17)29-23-22(28)25(33)31(26(23)34)20-8-7-16(3)21(27)13-20/h4-13,29H,1-3H3,(H,30,32). The summed E-state index contributed by atoms with van der Waals surface area (Å²) in [6, 6.07) is 17.2. The molecule has 34 heavy (non-hydrogen) atoms. The number of carbonyl (C=O) groups excluding carboxylic acids is 3. The van der Waals surface area contributed by atoms with Crippen LogP contribution in [-0.4, -0.2) is 17.7 Å². The number of amides is 3. The number of nitrogens with zero attached hydrogens (tertiary/aromatic N) is 1. The number of benzene rings is 3. The van der Waals surface area contributed by atoms with Gasteiger partial charge in [-0.05, 0) is 79.9 Å². The zero-order valence-corrected chi connectivity index (χ0v) is 20.2. The third kappa shape index (κ3) is 4.69. The lowest BCUT2D eigenvalue weighted by molar-refractivity contribution is -0.120. The molecule has 3 amide bonds. The Labute approximate surface area is 207 Å². The van der Waals surface area contributed by atoms with Crippen LogP contribution in [-0.2, 0) is 9.59 Å². The molecule has 6 nitrogen and oxygen atoms in total. The number of halogens is 2. The lowest BCUT2D eigenvalue weighted by Crippen LogP contribution is -2.32.